The van der Waals surface area contributed by atoms with Gasteiger partial charge in [-0.15, -0.1) is 0 Å². The molecule has 0 aliphatic carbocycles. The highest BCUT2D eigenvalue weighted by Crippen LogP contribution is 2.24. The lowest BCUT2D eigenvalue weighted by atomic mass is 9.99. The van der Waals surface area contributed by atoms with Crippen LogP contribution in [0.1, 0.15) is 23.2 Å². The van der Waals surface area contributed by atoms with Crippen LogP contribution >= 0.6 is 15.9 Å². The zero-order chi connectivity index (χ0) is 21.6. The fourth-order valence-electron chi connectivity index (χ4n) is 3.33. The lowest BCUT2D eigenvalue weighted by molar-refractivity contribution is -0.126. The molecule has 1 aliphatic heterocycles. The minimum Gasteiger partial charge on any atom is -0.354 e. The molecular weight excluding hydrogens is 470 g/mol. The maximum absolute atomic E-state index is 12.9. The Balaban J connectivity index is 1.49. The molecule has 0 saturated carbocycles. The number of hydrogen-bond acceptors (Lipinski definition) is 4. The number of nitrogens with one attached hydrogen (secondary N) is 2. The van der Waals surface area contributed by atoms with Crippen molar-refractivity contribution >= 4 is 37.8 Å². The predicted molar refractivity (Wildman–Crippen MR) is 117 cm³/mol. The smallest absolute Gasteiger partial charge is 0.251 e. The van der Waals surface area contributed by atoms with E-state index in [0.717, 1.165) is 4.47 Å². The van der Waals surface area contributed by atoms with Crippen LogP contribution in [0.4, 0.5) is 0 Å². The third-order valence-corrected chi connectivity index (χ3v) is 7.36. The van der Waals surface area contributed by atoms with Crippen molar-refractivity contribution in [1.82, 2.24) is 14.9 Å². The summed E-state index contributed by atoms with van der Waals surface area (Å²) in [5.74, 6) is -0.803. The van der Waals surface area contributed by atoms with Crippen molar-refractivity contribution in [3.05, 3.63) is 64.6 Å². The Morgan fingerprint density at radius 2 is 1.67 bits per heavy atom. The van der Waals surface area contributed by atoms with Gasteiger partial charge in [0.2, 0.25) is 15.9 Å². The molecular formula is C21H24BrN3O4S. The second-order valence-electron chi connectivity index (χ2n) is 7.07. The third-order valence-electron chi connectivity index (χ3n) is 4.95. The average molecular weight is 494 g/mol. The molecule has 9 heteroatoms. The molecule has 2 aromatic rings. The topological polar surface area (TPSA) is 95.6 Å². The summed E-state index contributed by atoms with van der Waals surface area (Å²) in [6.07, 6.45) is 1.26. The van der Waals surface area contributed by atoms with Crippen LogP contribution in [0, 0.1) is 5.92 Å². The van der Waals surface area contributed by atoms with Gasteiger partial charge < -0.3 is 10.6 Å². The van der Waals surface area contributed by atoms with E-state index in [1.54, 1.807) is 48.5 Å². The van der Waals surface area contributed by atoms with Gasteiger partial charge in [0.1, 0.15) is 0 Å². The van der Waals surface area contributed by atoms with Crippen LogP contribution in [0.2, 0.25) is 0 Å². The van der Waals surface area contributed by atoms with Crippen LogP contribution < -0.4 is 10.6 Å². The van der Waals surface area contributed by atoms with E-state index in [4.69, 9.17) is 0 Å². The number of halogens is 1. The van der Waals surface area contributed by atoms with Crippen molar-refractivity contribution in [3.63, 3.8) is 0 Å². The maximum Gasteiger partial charge on any atom is 0.251 e. The van der Waals surface area contributed by atoms with Gasteiger partial charge in [0.25, 0.3) is 5.91 Å². The van der Waals surface area contributed by atoms with E-state index in [1.165, 1.54) is 4.31 Å². The summed E-state index contributed by atoms with van der Waals surface area (Å²) >= 11 is 3.30. The van der Waals surface area contributed by atoms with E-state index in [2.05, 4.69) is 26.6 Å². The van der Waals surface area contributed by atoms with Crippen molar-refractivity contribution in [2.24, 2.45) is 5.92 Å². The Hall–Kier alpha value is -2.23. The molecule has 0 unspecified atom stereocenters. The normalized spacial score (nSPS) is 17.3. The molecule has 1 saturated heterocycles. The fourth-order valence-corrected chi connectivity index (χ4v) is 5.12. The Morgan fingerprint density at radius 3 is 2.37 bits per heavy atom. The van der Waals surface area contributed by atoms with Crippen LogP contribution in [-0.4, -0.2) is 50.7 Å². The van der Waals surface area contributed by atoms with Crippen LogP contribution in [-0.2, 0) is 14.8 Å². The molecule has 1 atom stereocenters. The Morgan fingerprint density at radius 1 is 1.00 bits per heavy atom. The summed E-state index contributed by atoms with van der Waals surface area (Å²) in [6, 6.07) is 15.3. The molecule has 0 aromatic heterocycles. The highest BCUT2D eigenvalue weighted by molar-refractivity contribution is 9.10. The largest absolute Gasteiger partial charge is 0.354 e. The maximum atomic E-state index is 12.9. The Kier molecular flexibility index (Phi) is 7.63. The van der Waals surface area contributed by atoms with E-state index in [-0.39, 0.29) is 29.8 Å². The second kappa shape index (κ2) is 10.2. The summed E-state index contributed by atoms with van der Waals surface area (Å²) in [4.78, 5) is 24.7. The van der Waals surface area contributed by atoms with Crippen molar-refractivity contribution in [1.29, 1.82) is 0 Å². The molecule has 0 bridgehead atoms. The summed E-state index contributed by atoms with van der Waals surface area (Å²) in [5.41, 5.74) is 0.560. The number of nitrogens with zero attached hydrogens (tertiary/aromatic N) is 1. The number of piperidine rings is 1. The number of rotatable bonds is 7. The number of carbonyl (C=O) groups is 2. The minimum absolute atomic E-state index is 0.153. The quantitative estimate of drug-likeness (QED) is 0.578. The first-order valence-corrected chi connectivity index (χ1v) is 12.0. The molecule has 1 fully saturated rings. The summed E-state index contributed by atoms with van der Waals surface area (Å²) in [6.45, 7) is 1.14. The number of carbonyl (C=O) groups excluding carboxylic acids is 2. The van der Waals surface area contributed by atoms with Gasteiger partial charge in [-0.2, -0.15) is 4.31 Å². The fraction of sp³-hybridized carbons (Fsp3) is 0.333. The van der Waals surface area contributed by atoms with Crippen molar-refractivity contribution in [2.75, 3.05) is 26.2 Å². The summed E-state index contributed by atoms with van der Waals surface area (Å²) < 4.78 is 27.9. The van der Waals surface area contributed by atoms with E-state index >= 15 is 0 Å². The zero-order valence-corrected chi connectivity index (χ0v) is 18.8. The lowest BCUT2D eigenvalue weighted by Crippen LogP contribution is -2.46. The number of benzene rings is 2. The molecule has 7 nitrogen and oxygen atoms in total. The van der Waals surface area contributed by atoms with Gasteiger partial charge >= 0.3 is 0 Å². The predicted octanol–water partition coefficient (Wildman–Crippen LogP) is 2.40. The number of sulfonamides is 1. The number of hydrogen-bond donors (Lipinski definition) is 2. The Bertz CT molecular complexity index is 981. The highest BCUT2D eigenvalue weighted by atomic mass is 79.9. The third kappa shape index (κ3) is 5.68. The zero-order valence-electron chi connectivity index (χ0n) is 16.4. The first kappa shape index (κ1) is 22.5. The Labute approximate surface area is 185 Å². The molecule has 0 radical (unpaired) electrons. The molecule has 0 spiro atoms. The summed E-state index contributed by atoms with van der Waals surface area (Å²) in [5, 5.41) is 5.55. The van der Waals surface area contributed by atoms with Gasteiger partial charge in [0.15, 0.2) is 0 Å². The molecule has 2 amide bonds. The first-order chi connectivity index (χ1) is 14.4. The van der Waals surface area contributed by atoms with Gasteiger partial charge in [0.05, 0.1) is 10.8 Å². The van der Waals surface area contributed by atoms with Crippen molar-refractivity contribution in [3.8, 4) is 0 Å². The van der Waals surface area contributed by atoms with Crippen LogP contribution in [0.25, 0.3) is 0 Å². The molecule has 1 heterocycles. The van der Waals surface area contributed by atoms with Gasteiger partial charge in [-0.05, 0) is 49.2 Å². The minimum atomic E-state index is -3.64. The molecule has 2 N–H and O–H groups in total. The van der Waals surface area contributed by atoms with Crippen molar-refractivity contribution < 1.29 is 18.0 Å². The lowest BCUT2D eigenvalue weighted by Gasteiger charge is -2.31. The molecule has 1 aliphatic rings. The van der Waals surface area contributed by atoms with Gasteiger partial charge in [-0.3, -0.25) is 9.59 Å². The average Bonchev–Trinajstić information content (AvgIpc) is 2.77. The van der Waals surface area contributed by atoms with Crippen LogP contribution in [0.15, 0.2) is 64.0 Å². The van der Waals surface area contributed by atoms with Gasteiger partial charge in [-0.1, -0.05) is 34.1 Å². The van der Waals surface area contributed by atoms with Gasteiger partial charge in [0, 0.05) is 36.2 Å². The SMILES string of the molecule is O=C(NCCNC(=O)[C@H]1CCCN(S(=O)(=O)c2ccc(Br)cc2)C1)c1ccccc1. The van der Waals surface area contributed by atoms with E-state index in [1.807, 2.05) is 6.07 Å². The molecule has 3 rings (SSSR count). The van der Waals surface area contributed by atoms with Crippen LogP contribution in [0.3, 0.4) is 0 Å². The molecule has 2 aromatic carbocycles. The highest BCUT2D eigenvalue weighted by Gasteiger charge is 2.33. The number of amides is 2. The summed E-state index contributed by atoms with van der Waals surface area (Å²) in [7, 11) is -3.64. The standard InChI is InChI=1S/C21H24BrN3O4S/c22-18-8-10-19(11-9-18)30(28,29)25-14-4-7-17(15-25)21(27)24-13-12-23-20(26)16-5-2-1-3-6-16/h1-3,5-6,8-11,17H,4,7,12-15H2,(H,23,26)(H,24,27)/t17-/m0/s1. The molecule has 30 heavy (non-hydrogen) atoms. The first-order valence-electron chi connectivity index (χ1n) is 9.74. The van der Waals surface area contributed by atoms with E-state index < -0.39 is 15.9 Å². The molecule has 160 valence electrons. The van der Waals surface area contributed by atoms with Gasteiger partial charge in [-0.25, -0.2) is 8.42 Å². The second-order valence-corrected chi connectivity index (χ2v) is 9.92. The van der Waals surface area contributed by atoms with E-state index in [0.29, 0.717) is 31.5 Å². The van der Waals surface area contributed by atoms with Crippen LogP contribution in [0.5, 0.6) is 0 Å². The van der Waals surface area contributed by atoms with E-state index in [9.17, 15) is 18.0 Å². The van der Waals surface area contributed by atoms with Crippen molar-refractivity contribution in [2.45, 2.75) is 17.7 Å². The monoisotopic (exact) mass is 493 g/mol.